The van der Waals surface area contributed by atoms with Crippen LogP contribution in [0, 0.1) is 0 Å². The third kappa shape index (κ3) is 4.82. The van der Waals surface area contributed by atoms with Crippen molar-refractivity contribution >= 4 is 11.6 Å². The van der Waals surface area contributed by atoms with Crippen molar-refractivity contribution in [3.05, 3.63) is 29.8 Å². The maximum absolute atomic E-state index is 8.94. The molecule has 0 aromatic heterocycles. The quantitative estimate of drug-likeness (QED) is 0.701. The minimum Gasteiger partial charge on any atom is -0.497 e. The van der Waals surface area contributed by atoms with Gasteiger partial charge in [0.2, 0.25) is 0 Å². The molecule has 4 nitrogen and oxygen atoms in total. The molecular formula is C13H20ClNO3. The number of methoxy groups -OCH3 is 1. The fourth-order valence-corrected chi connectivity index (χ4v) is 2.08. The summed E-state index contributed by atoms with van der Waals surface area (Å²) in [5, 5.41) is 17.7. The topological polar surface area (TPSA) is 52.9 Å². The van der Waals surface area contributed by atoms with Gasteiger partial charge in [-0.1, -0.05) is 12.1 Å². The normalized spacial score (nSPS) is 12.7. The molecule has 0 saturated heterocycles. The molecule has 0 heterocycles. The third-order valence-electron chi connectivity index (χ3n) is 2.71. The number of alkyl halides is 1. The van der Waals surface area contributed by atoms with Gasteiger partial charge in [-0.2, -0.15) is 0 Å². The predicted octanol–water partition coefficient (Wildman–Crippen LogP) is 1.26. The standard InChI is InChI=1S/C13H20ClNO3/c1-18-12-4-2-3-11(9-12)13(14)10-15(5-7-16)6-8-17/h2-4,9,13,16-17H,5-8,10H2,1H3. The molecule has 0 aliphatic heterocycles. The molecule has 1 unspecified atom stereocenters. The molecule has 1 aromatic rings. The Bertz CT molecular complexity index is 343. The van der Waals surface area contributed by atoms with E-state index in [0.29, 0.717) is 19.6 Å². The van der Waals surface area contributed by atoms with E-state index >= 15 is 0 Å². The predicted molar refractivity (Wildman–Crippen MR) is 72.2 cm³/mol. The van der Waals surface area contributed by atoms with Crippen LogP contribution in [0.5, 0.6) is 5.75 Å². The zero-order valence-corrected chi connectivity index (χ0v) is 11.3. The molecule has 0 fully saturated rings. The van der Waals surface area contributed by atoms with Crippen LogP contribution in [0.1, 0.15) is 10.9 Å². The third-order valence-corrected chi connectivity index (χ3v) is 3.10. The highest BCUT2D eigenvalue weighted by atomic mass is 35.5. The number of rotatable bonds is 8. The Kier molecular flexibility index (Phi) is 7.05. The molecule has 0 amide bonds. The minimum atomic E-state index is -0.196. The summed E-state index contributed by atoms with van der Waals surface area (Å²) in [6.07, 6.45) is 0. The Hall–Kier alpha value is -0.810. The molecule has 1 aromatic carbocycles. The highest BCUT2D eigenvalue weighted by Gasteiger charge is 2.13. The van der Waals surface area contributed by atoms with Crippen LogP contribution in [-0.4, -0.2) is 55.1 Å². The molecule has 1 atom stereocenters. The number of ether oxygens (including phenoxy) is 1. The molecule has 102 valence electrons. The van der Waals surface area contributed by atoms with E-state index in [1.807, 2.05) is 29.2 Å². The molecular weight excluding hydrogens is 254 g/mol. The van der Waals surface area contributed by atoms with Crippen molar-refractivity contribution in [1.29, 1.82) is 0 Å². The van der Waals surface area contributed by atoms with Gasteiger partial charge >= 0.3 is 0 Å². The van der Waals surface area contributed by atoms with Crippen molar-refractivity contribution in [2.75, 3.05) is 40.0 Å². The summed E-state index contributed by atoms with van der Waals surface area (Å²) in [6, 6.07) is 7.60. The Labute approximate surface area is 113 Å². The van der Waals surface area contributed by atoms with Crippen molar-refractivity contribution in [3.63, 3.8) is 0 Å². The number of nitrogens with zero attached hydrogens (tertiary/aromatic N) is 1. The van der Waals surface area contributed by atoms with Crippen LogP contribution in [0.25, 0.3) is 0 Å². The molecule has 0 aliphatic rings. The summed E-state index contributed by atoms with van der Waals surface area (Å²) in [5.41, 5.74) is 0.969. The van der Waals surface area contributed by atoms with Crippen molar-refractivity contribution in [2.45, 2.75) is 5.38 Å². The molecule has 1 rings (SSSR count). The second-order valence-corrected chi connectivity index (χ2v) is 4.52. The molecule has 2 N–H and O–H groups in total. The van der Waals surface area contributed by atoms with Gasteiger partial charge in [0.25, 0.3) is 0 Å². The van der Waals surface area contributed by atoms with Gasteiger partial charge in [0.05, 0.1) is 25.7 Å². The first-order valence-corrected chi connectivity index (χ1v) is 6.37. The summed E-state index contributed by atoms with van der Waals surface area (Å²) in [4.78, 5) is 1.93. The van der Waals surface area contributed by atoms with Gasteiger partial charge in [-0.15, -0.1) is 11.6 Å². The lowest BCUT2D eigenvalue weighted by Gasteiger charge is -2.23. The highest BCUT2D eigenvalue weighted by Crippen LogP contribution is 2.24. The summed E-state index contributed by atoms with van der Waals surface area (Å²) < 4.78 is 5.15. The van der Waals surface area contributed by atoms with E-state index in [-0.39, 0.29) is 18.6 Å². The number of halogens is 1. The molecule has 18 heavy (non-hydrogen) atoms. The zero-order chi connectivity index (χ0) is 13.4. The van der Waals surface area contributed by atoms with E-state index < -0.39 is 0 Å². The van der Waals surface area contributed by atoms with Gasteiger partial charge in [-0.05, 0) is 17.7 Å². The average molecular weight is 274 g/mol. The molecule has 0 radical (unpaired) electrons. The van der Waals surface area contributed by atoms with E-state index in [0.717, 1.165) is 11.3 Å². The summed E-state index contributed by atoms with van der Waals surface area (Å²) in [7, 11) is 1.62. The average Bonchev–Trinajstić information content (AvgIpc) is 2.39. The lowest BCUT2D eigenvalue weighted by atomic mass is 10.1. The van der Waals surface area contributed by atoms with Gasteiger partial charge in [0, 0.05) is 19.6 Å². The smallest absolute Gasteiger partial charge is 0.119 e. The number of hydrogen-bond donors (Lipinski definition) is 2. The van der Waals surface area contributed by atoms with Crippen molar-refractivity contribution < 1.29 is 14.9 Å². The maximum Gasteiger partial charge on any atom is 0.119 e. The van der Waals surface area contributed by atoms with Crippen LogP contribution in [-0.2, 0) is 0 Å². The van der Waals surface area contributed by atoms with Crippen molar-refractivity contribution in [1.82, 2.24) is 4.90 Å². The zero-order valence-electron chi connectivity index (χ0n) is 10.6. The van der Waals surface area contributed by atoms with Crippen LogP contribution in [0.4, 0.5) is 0 Å². The Balaban J connectivity index is 2.63. The van der Waals surface area contributed by atoms with Crippen LogP contribution in [0.15, 0.2) is 24.3 Å². The monoisotopic (exact) mass is 273 g/mol. The van der Waals surface area contributed by atoms with Crippen molar-refractivity contribution in [2.24, 2.45) is 0 Å². The van der Waals surface area contributed by atoms with Crippen LogP contribution in [0.2, 0.25) is 0 Å². The van der Waals surface area contributed by atoms with Gasteiger partial charge < -0.3 is 14.9 Å². The number of aliphatic hydroxyl groups is 2. The van der Waals surface area contributed by atoms with Gasteiger partial charge in [0.1, 0.15) is 5.75 Å². The first-order valence-electron chi connectivity index (χ1n) is 5.93. The van der Waals surface area contributed by atoms with E-state index in [1.54, 1.807) is 7.11 Å². The Morgan fingerprint density at radius 3 is 2.50 bits per heavy atom. The van der Waals surface area contributed by atoms with Gasteiger partial charge in [-0.25, -0.2) is 0 Å². The van der Waals surface area contributed by atoms with Crippen LogP contribution < -0.4 is 4.74 Å². The minimum absolute atomic E-state index is 0.0573. The maximum atomic E-state index is 8.94. The van der Waals surface area contributed by atoms with E-state index in [9.17, 15) is 0 Å². The Morgan fingerprint density at radius 2 is 1.94 bits per heavy atom. The van der Waals surface area contributed by atoms with Gasteiger partial charge in [0.15, 0.2) is 0 Å². The largest absolute Gasteiger partial charge is 0.497 e. The molecule has 0 bridgehead atoms. The highest BCUT2D eigenvalue weighted by molar-refractivity contribution is 6.21. The fourth-order valence-electron chi connectivity index (χ4n) is 1.75. The first kappa shape index (κ1) is 15.2. The van der Waals surface area contributed by atoms with E-state index in [1.165, 1.54) is 0 Å². The fraction of sp³-hybridized carbons (Fsp3) is 0.538. The lowest BCUT2D eigenvalue weighted by molar-refractivity contribution is 0.161. The molecule has 0 saturated carbocycles. The second-order valence-electron chi connectivity index (χ2n) is 3.99. The molecule has 0 aliphatic carbocycles. The SMILES string of the molecule is COc1cccc(C(Cl)CN(CCO)CCO)c1. The number of benzene rings is 1. The van der Waals surface area contributed by atoms with Crippen molar-refractivity contribution in [3.8, 4) is 5.75 Å². The lowest BCUT2D eigenvalue weighted by Crippen LogP contribution is -2.32. The number of hydrogen-bond acceptors (Lipinski definition) is 4. The second kappa shape index (κ2) is 8.32. The van der Waals surface area contributed by atoms with E-state index in [2.05, 4.69) is 0 Å². The number of aliphatic hydroxyl groups excluding tert-OH is 2. The van der Waals surface area contributed by atoms with Crippen LogP contribution >= 0.6 is 11.6 Å². The Morgan fingerprint density at radius 1 is 1.28 bits per heavy atom. The van der Waals surface area contributed by atoms with E-state index in [4.69, 9.17) is 26.6 Å². The summed E-state index contributed by atoms with van der Waals surface area (Å²) in [5.74, 6) is 0.772. The van der Waals surface area contributed by atoms with Crippen LogP contribution in [0.3, 0.4) is 0 Å². The molecule has 0 spiro atoms. The molecule has 5 heteroatoms. The first-order chi connectivity index (χ1) is 8.71. The van der Waals surface area contributed by atoms with Gasteiger partial charge in [-0.3, -0.25) is 4.90 Å². The summed E-state index contributed by atoms with van der Waals surface area (Å²) >= 11 is 6.34. The summed E-state index contributed by atoms with van der Waals surface area (Å²) in [6.45, 7) is 1.71.